The van der Waals surface area contributed by atoms with Crippen LogP contribution in [0.5, 0.6) is 0 Å². The molecule has 0 aliphatic carbocycles. The van der Waals surface area contributed by atoms with Gasteiger partial charge in [-0.05, 0) is 107 Å². The number of fused-ring (bicyclic) bond motifs is 1. The van der Waals surface area contributed by atoms with Gasteiger partial charge in [-0.2, -0.15) is 8.75 Å². The molecule has 0 aliphatic rings. The van der Waals surface area contributed by atoms with E-state index in [0.29, 0.717) is 0 Å². The zero-order valence-corrected chi connectivity index (χ0v) is 36.8. The highest BCUT2D eigenvalue weighted by molar-refractivity contribution is 7.24. The number of unbranched alkanes of at least 4 members (excludes halogenated alkanes) is 6. The van der Waals surface area contributed by atoms with Gasteiger partial charge in [-0.15, -0.1) is 45.3 Å². The summed E-state index contributed by atoms with van der Waals surface area (Å²) in [6, 6.07) is 37.8. The molecule has 0 amide bonds. The molecule has 0 N–H and O–H groups in total. The van der Waals surface area contributed by atoms with Crippen LogP contribution < -0.4 is 0 Å². The van der Waals surface area contributed by atoms with E-state index in [1.165, 1.54) is 131 Å². The van der Waals surface area contributed by atoms with Gasteiger partial charge in [0, 0.05) is 45.3 Å². The summed E-state index contributed by atoms with van der Waals surface area (Å²) in [4.78, 5) is 9.13. The van der Waals surface area contributed by atoms with Gasteiger partial charge in [0.05, 0.1) is 11.7 Å². The summed E-state index contributed by atoms with van der Waals surface area (Å²) in [7, 11) is 0. The Morgan fingerprint density at radius 3 is 1.70 bits per heavy atom. The van der Waals surface area contributed by atoms with Gasteiger partial charge in [0.1, 0.15) is 11.0 Å². The zero-order chi connectivity index (χ0) is 38.8. The highest BCUT2D eigenvalue weighted by Gasteiger charge is 2.18. The maximum atomic E-state index is 4.83. The smallest absolute Gasteiger partial charge is 0.114 e. The lowest BCUT2D eigenvalue weighted by molar-refractivity contribution is 0.667. The lowest BCUT2D eigenvalue weighted by Gasteiger charge is -2.03. The second-order valence-corrected chi connectivity index (χ2v) is 19.3. The van der Waals surface area contributed by atoms with Crippen molar-refractivity contribution in [3.63, 3.8) is 0 Å². The highest BCUT2D eigenvalue weighted by Crippen LogP contribution is 2.44. The molecule has 0 bridgehead atoms. The lowest BCUT2D eigenvalue weighted by Crippen LogP contribution is -1.85. The molecule has 0 aliphatic heterocycles. The standard InChI is InChI=1S/C50H48N2S5/c1-3-5-7-10-16-38-32-33-53-42(38)26-22-35-18-20-36(21-19-35)23-27-44-39(17-11-8-6-4-2)34-48(55-44)47-31-30-46(56-47)41-25-24-40(49-50(41)52-57-51-49)45-29-28-43(54-45)37-14-12-9-13-15-37/h9,12-15,18-34H,3-8,10-11,16-17H2,1-2H3/b26-22+,27-23+. The van der Waals surface area contributed by atoms with Crippen molar-refractivity contribution in [1.29, 1.82) is 0 Å². The van der Waals surface area contributed by atoms with Gasteiger partial charge in [0.2, 0.25) is 0 Å². The number of hydrogen-bond donors (Lipinski definition) is 0. The molecule has 0 unspecified atom stereocenters. The summed E-state index contributed by atoms with van der Waals surface area (Å²) in [6.45, 7) is 4.56. The Labute approximate surface area is 358 Å². The lowest BCUT2D eigenvalue weighted by atomic mass is 10.0. The Morgan fingerprint density at radius 2 is 1.05 bits per heavy atom. The van der Waals surface area contributed by atoms with Crippen molar-refractivity contribution in [2.75, 3.05) is 0 Å². The van der Waals surface area contributed by atoms with Crippen molar-refractivity contribution in [2.45, 2.75) is 78.1 Å². The topological polar surface area (TPSA) is 25.8 Å². The number of aromatic nitrogens is 2. The van der Waals surface area contributed by atoms with Gasteiger partial charge in [-0.3, -0.25) is 0 Å². The van der Waals surface area contributed by atoms with Gasteiger partial charge in [-0.1, -0.05) is 131 Å². The zero-order valence-electron chi connectivity index (χ0n) is 32.7. The van der Waals surface area contributed by atoms with Gasteiger partial charge in [-0.25, -0.2) is 0 Å². The van der Waals surface area contributed by atoms with Crippen LogP contribution in [0.25, 0.3) is 76.4 Å². The Balaban J connectivity index is 0.993. The Kier molecular flexibility index (Phi) is 13.5. The summed E-state index contributed by atoms with van der Waals surface area (Å²) in [5, 5.41) is 2.23. The Bertz CT molecular complexity index is 2560. The minimum atomic E-state index is 0.987. The fourth-order valence-corrected chi connectivity index (χ4v) is 12.0. The molecule has 5 aromatic heterocycles. The minimum Gasteiger partial charge on any atom is -0.172 e. The fourth-order valence-electron chi connectivity index (χ4n) is 7.27. The van der Waals surface area contributed by atoms with E-state index >= 15 is 0 Å². The van der Waals surface area contributed by atoms with E-state index in [9.17, 15) is 0 Å². The molecular formula is C50H48N2S5. The van der Waals surface area contributed by atoms with Crippen molar-refractivity contribution in [3.05, 3.63) is 141 Å². The number of thiophene rings is 4. The SMILES string of the molecule is CCCCCCc1ccsc1/C=C/c1ccc(/C=C/c2sc(-c3ccc(-c4ccc(-c5ccc(-c6ccccc6)s5)c5nsnc45)s3)cc2CCCCCC)cc1. The van der Waals surface area contributed by atoms with E-state index < -0.39 is 0 Å². The average Bonchev–Trinajstić information content (AvgIpc) is 4.11. The molecule has 5 heterocycles. The van der Waals surface area contributed by atoms with Crippen molar-refractivity contribution < 1.29 is 0 Å². The molecule has 2 nitrogen and oxygen atoms in total. The number of benzene rings is 3. The van der Waals surface area contributed by atoms with Gasteiger partial charge < -0.3 is 0 Å². The van der Waals surface area contributed by atoms with E-state index in [1.807, 2.05) is 45.3 Å². The van der Waals surface area contributed by atoms with Crippen LogP contribution in [0, 0.1) is 0 Å². The molecule has 0 saturated heterocycles. The predicted molar refractivity (Wildman–Crippen MR) is 257 cm³/mol. The second-order valence-electron chi connectivity index (χ2n) is 14.6. The van der Waals surface area contributed by atoms with Crippen LogP contribution in [0.15, 0.2) is 109 Å². The van der Waals surface area contributed by atoms with Crippen molar-refractivity contribution in [3.8, 4) is 41.1 Å². The van der Waals surface area contributed by atoms with Gasteiger partial charge in [0.15, 0.2) is 0 Å². The number of rotatable bonds is 18. The van der Waals surface area contributed by atoms with E-state index in [1.54, 1.807) is 0 Å². The minimum absolute atomic E-state index is 0.987. The number of nitrogens with zero attached hydrogens (tertiary/aromatic N) is 2. The summed E-state index contributed by atoms with van der Waals surface area (Å²) in [5.74, 6) is 0. The number of hydrogen-bond acceptors (Lipinski definition) is 7. The summed E-state index contributed by atoms with van der Waals surface area (Å²) in [5.41, 5.74) is 10.9. The van der Waals surface area contributed by atoms with Crippen molar-refractivity contribution in [2.24, 2.45) is 0 Å². The molecule has 8 rings (SSSR count). The molecule has 8 aromatic rings. The predicted octanol–water partition coefficient (Wildman–Crippen LogP) is 17.2. The maximum absolute atomic E-state index is 4.83. The van der Waals surface area contributed by atoms with Crippen LogP contribution in [0.4, 0.5) is 0 Å². The largest absolute Gasteiger partial charge is 0.172 e. The van der Waals surface area contributed by atoms with Gasteiger partial charge >= 0.3 is 0 Å². The summed E-state index contributed by atoms with van der Waals surface area (Å²) in [6.07, 6.45) is 21.8. The molecule has 0 radical (unpaired) electrons. The van der Waals surface area contributed by atoms with Crippen molar-refractivity contribution in [1.82, 2.24) is 8.75 Å². The van der Waals surface area contributed by atoms with Crippen LogP contribution in [0.1, 0.15) is 97.2 Å². The maximum Gasteiger partial charge on any atom is 0.114 e. The first-order valence-corrected chi connectivity index (χ1v) is 24.4. The monoisotopic (exact) mass is 836 g/mol. The third-order valence-electron chi connectivity index (χ3n) is 10.5. The first-order valence-electron chi connectivity index (χ1n) is 20.3. The van der Waals surface area contributed by atoms with E-state index in [4.69, 9.17) is 8.75 Å². The van der Waals surface area contributed by atoms with E-state index in [2.05, 4.69) is 147 Å². The average molecular weight is 837 g/mol. The molecule has 0 fully saturated rings. The molecule has 7 heteroatoms. The van der Waals surface area contributed by atoms with Crippen LogP contribution in [0.3, 0.4) is 0 Å². The van der Waals surface area contributed by atoms with Crippen LogP contribution in [0.2, 0.25) is 0 Å². The van der Waals surface area contributed by atoms with Crippen LogP contribution in [-0.2, 0) is 12.8 Å². The third-order valence-corrected chi connectivity index (χ3v) is 15.5. The first kappa shape index (κ1) is 39.6. The molecule has 3 aromatic carbocycles. The van der Waals surface area contributed by atoms with Crippen LogP contribution >= 0.6 is 57.1 Å². The van der Waals surface area contributed by atoms with E-state index in [0.717, 1.165) is 28.6 Å². The molecule has 57 heavy (non-hydrogen) atoms. The second kappa shape index (κ2) is 19.5. The Hall–Kier alpha value is -4.24. The highest BCUT2D eigenvalue weighted by atomic mass is 32.1. The molecule has 0 saturated carbocycles. The fraction of sp³-hybridized carbons (Fsp3) is 0.240. The third kappa shape index (κ3) is 9.73. The summed E-state index contributed by atoms with van der Waals surface area (Å²) >= 11 is 8.75. The molecule has 0 spiro atoms. The molecular weight excluding hydrogens is 789 g/mol. The molecule has 0 atom stereocenters. The van der Waals surface area contributed by atoms with Crippen LogP contribution in [-0.4, -0.2) is 8.75 Å². The molecule has 288 valence electrons. The van der Waals surface area contributed by atoms with Gasteiger partial charge in [0.25, 0.3) is 0 Å². The van der Waals surface area contributed by atoms with E-state index in [-0.39, 0.29) is 0 Å². The first-order chi connectivity index (χ1) is 28.2. The quantitative estimate of drug-likeness (QED) is 0.0805. The Morgan fingerprint density at radius 1 is 0.474 bits per heavy atom. The van der Waals surface area contributed by atoms with Crippen molar-refractivity contribution >= 4 is 92.4 Å². The summed E-state index contributed by atoms with van der Waals surface area (Å²) < 4.78 is 9.63. The number of aryl methyl sites for hydroxylation is 2. The normalized spacial score (nSPS) is 11.9.